The molecule has 0 atom stereocenters. The third-order valence-electron chi connectivity index (χ3n) is 5.38. The van der Waals surface area contributed by atoms with Crippen molar-refractivity contribution in [2.75, 3.05) is 6.61 Å². The minimum atomic E-state index is -2.85. The van der Waals surface area contributed by atoms with E-state index in [9.17, 15) is 4.79 Å². The van der Waals surface area contributed by atoms with Gasteiger partial charge in [0.1, 0.15) is 0 Å². The van der Waals surface area contributed by atoms with Crippen molar-refractivity contribution in [1.29, 1.82) is 0 Å². The summed E-state index contributed by atoms with van der Waals surface area (Å²) in [5, 5.41) is 1.10. The number of hydrogen-bond acceptors (Lipinski definition) is 2. The fraction of sp³-hybridized carbons (Fsp3) is 0.609. The van der Waals surface area contributed by atoms with Crippen LogP contribution in [0.15, 0.2) is 24.3 Å². The molecule has 1 rings (SSSR count). The van der Waals surface area contributed by atoms with Gasteiger partial charge in [-0.15, -0.1) is 0 Å². The van der Waals surface area contributed by atoms with Crippen molar-refractivity contribution >= 4 is 51.1 Å². The van der Waals surface area contributed by atoms with E-state index in [1.807, 2.05) is 25.1 Å². The molecular weight excluding hydrogens is 498 g/mol. The molecule has 0 amide bonds. The standard InChI is InChI=1S/C11H9Cl2O2.3C4H9.Sn/c1-2-15-11(14)6-4-8-3-5-9(12)10(13)7-8;3*1-3-4-2;/h3,5-7H,2H2,1H3;3*1,3-4H2,2H3;. The molecule has 5 heteroatoms. The second-order valence-electron chi connectivity index (χ2n) is 7.53. The molecule has 0 bridgehead atoms. The minimum absolute atomic E-state index is 0.228. The Balaban J connectivity index is 3.56. The molecule has 0 aromatic heterocycles. The van der Waals surface area contributed by atoms with Crippen LogP contribution >= 0.6 is 23.2 Å². The number of halogens is 2. The van der Waals surface area contributed by atoms with Crippen LogP contribution in [0.1, 0.15) is 71.8 Å². The molecule has 0 radical (unpaired) electrons. The molecule has 0 fully saturated rings. The van der Waals surface area contributed by atoms with Crippen LogP contribution in [0.3, 0.4) is 0 Å². The summed E-state index contributed by atoms with van der Waals surface area (Å²) >= 11 is 9.70. The van der Waals surface area contributed by atoms with Crippen LogP contribution in [0.25, 0.3) is 3.59 Å². The fourth-order valence-corrected chi connectivity index (χ4v) is 20.8. The van der Waals surface area contributed by atoms with Gasteiger partial charge in [-0.2, -0.15) is 0 Å². The Labute approximate surface area is 185 Å². The molecule has 0 aliphatic rings. The Morgan fingerprint density at radius 3 is 1.89 bits per heavy atom. The first-order valence-corrected chi connectivity index (χ1v) is 19.0. The van der Waals surface area contributed by atoms with E-state index in [2.05, 4.69) is 20.8 Å². The molecule has 0 unspecified atom stereocenters. The van der Waals surface area contributed by atoms with Gasteiger partial charge in [0, 0.05) is 0 Å². The van der Waals surface area contributed by atoms with E-state index in [1.165, 1.54) is 55.4 Å². The van der Waals surface area contributed by atoms with E-state index >= 15 is 0 Å². The molecule has 1 aromatic carbocycles. The summed E-state index contributed by atoms with van der Waals surface area (Å²) in [4.78, 5) is 12.5. The van der Waals surface area contributed by atoms with Crippen molar-refractivity contribution in [1.82, 2.24) is 0 Å². The summed E-state index contributed by atoms with van der Waals surface area (Å²) in [7, 11) is 0. The predicted molar refractivity (Wildman–Crippen MR) is 126 cm³/mol. The van der Waals surface area contributed by atoms with Crippen molar-refractivity contribution in [2.45, 2.75) is 79.5 Å². The quantitative estimate of drug-likeness (QED) is 0.145. The summed E-state index contributed by atoms with van der Waals surface area (Å²) in [5.41, 5.74) is 1.07. The monoisotopic (exact) mass is 534 g/mol. The van der Waals surface area contributed by atoms with Crippen molar-refractivity contribution in [3.8, 4) is 0 Å². The summed E-state index contributed by atoms with van der Waals surface area (Å²) in [6, 6.07) is 5.84. The average molecular weight is 534 g/mol. The van der Waals surface area contributed by atoms with E-state index < -0.39 is 18.4 Å². The first kappa shape index (κ1) is 25.8. The Hall–Kier alpha value is -0.191. The van der Waals surface area contributed by atoms with Gasteiger partial charge in [0.25, 0.3) is 0 Å². The molecule has 158 valence electrons. The average Bonchev–Trinajstić information content (AvgIpc) is 2.68. The summed E-state index contributed by atoms with van der Waals surface area (Å²) in [5.74, 6) is -0.228. The van der Waals surface area contributed by atoms with Gasteiger partial charge in [0.15, 0.2) is 0 Å². The normalized spacial score (nSPS) is 12.3. The third-order valence-corrected chi connectivity index (χ3v) is 21.8. The Bertz CT molecular complexity index is 622. The van der Waals surface area contributed by atoms with E-state index in [0.29, 0.717) is 16.7 Å². The molecule has 0 spiro atoms. The number of esters is 1. The van der Waals surface area contributed by atoms with Crippen LogP contribution < -0.4 is 0 Å². The second kappa shape index (κ2) is 13.9. The number of hydrogen-bond donors (Lipinski definition) is 0. The van der Waals surface area contributed by atoms with Gasteiger partial charge in [-0.05, 0) is 0 Å². The second-order valence-corrected chi connectivity index (χ2v) is 21.5. The molecule has 2 nitrogen and oxygen atoms in total. The van der Waals surface area contributed by atoms with Gasteiger partial charge in [-0.3, -0.25) is 0 Å². The van der Waals surface area contributed by atoms with Crippen molar-refractivity contribution < 1.29 is 9.53 Å². The van der Waals surface area contributed by atoms with Crippen LogP contribution in [0, 0.1) is 0 Å². The molecule has 0 saturated heterocycles. The van der Waals surface area contributed by atoms with E-state index in [-0.39, 0.29) is 5.97 Å². The van der Waals surface area contributed by atoms with Gasteiger partial charge in [-0.25, -0.2) is 0 Å². The Kier molecular flexibility index (Phi) is 12.9. The van der Waals surface area contributed by atoms with Gasteiger partial charge < -0.3 is 0 Å². The molecule has 1 aromatic rings. The van der Waals surface area contributed by atoms with Crippen LogP contribution in [0.4, 0.5) is 0 Å². The number of benzene rings is 1. The van der Waals surface area contributed by atoms with Crippen LogP contribution in [-0.2, 0) is 9.53 Å². The van der Waals surface area contributed by atoms with E-state index in [4.69, 9.17) is 27.9 Å². The maximum absolute atomic E-state index is 12.5. The zero-order valence-corrected chi connectivity index (χ0v) is 22.3. The van der Waals surface area contributed by atoms with Crippen molar-refractivity contribution in [3.05, 3.63) is 39.9 Å². The van der Waals surface area contributed by atoms with Crippen LogP contribution in [-0.4, -0.2) is 31.0 Å². The Morgan fingerprint density at radius 1 is 0.929 bits per heavy atom. The van der Waals surface area contributed by atoms with Gasteiger partial charge in [0.05, 0.1) is 0 Å². The zero-order valence-electron chi connectivity index (χ0n) is 18.0. The van der Waals surface area contributed by atoms with Crippen molar-refractivity contribution in [3.63, 3.8) is 0 Å². The summed E-state index contributed by atoms with van der Waals surface area (Å²) in [6.07, 6.45) is 9.04. The van der Waals surface area contributed by atoms with Gasteiger partial charge in [-0.1, -0.05) is 0 Å². The summed E-state index contributed by atoms with van der Waals surface area (Å²) in [6.45, 7) is 9.01. The summed E-state index contributed by atoms with van der Waals surface area (Å²) < 4.78 is 10.4. The molecule has 0 N–H and O–H groups in total. The molecular formula is C23H36Cl2O2Sn. The topological polar surface area (TPSA) is 26.3 Å². The number of unbranched alkanes of at least 4 members (excludes halogenated alkanes) is 3. The number of rotatable bonds is 13. The molecule has 0 aliphatic heterocycles. The Morgan fingerprint density at radius 2 is 1.46 bits per heavy atom. The maximum atomic E-state index is 12.5. The molecule has 28 heavy (non-hydrogen) atoms. The van der Waals surface area contributed by atoms with Gasteiger partial charge in [0.2, 0.25) is 0 Å². The molecule has 0 heterocycles. The predicted octanol–water partition coefficient (Wildman–Crippen LogP) is 8.33. The van der Waals surface area contributed by atoms with E-state index in [1.54, 1.807) is 6.08 Å². The molecule has 0 aliphatic carbocycles. The van der Waals surface area contributed by atoms with Crippen LogP contribution in [0.2, 0.25) is 23.4 Å². The third kappa shape index (κ3) is 7.91. The number of ether oxygens (including phenoxy) is 1. The van der Waals surface area contributed by atoms with E-state index in [0.717, 1.165) is 5.56 Å². The van der Waals surface area contributed by atoms with Crippen molar-refractivity contribution in [2.24, 2.45) is 0 Å². The fourth-order valence-electron chi connectivity index (χ4n) is 3.83. The SMILES string of the molecule is CCC[CH2][Sn]([CH2]CCC)([CH2]CCC)/[C](=C\C(=O)OCC)c1ccc(Cl)c(Cl)c1. The van der Waals surface area contributed by atoms with Gasteiger partial charge >= 0.3 is 187 Å². The zero-order chi connectivity index (χ0) is 21.0. The molecule has 0 saturated carbocycles. The first-order valence-electron chi connectivity index (χ1n) is 10.8. The first-order chi connectivity index (χ1) is 13.4. The number of carbonyl (C=O) groups is 1. The number of carbonyl (C=O) groups excluding carboxylic acids is 1. The van der Waals surface area contributed by atoms with Crippen LogP contribution in [0.5, 0.6) is 0 Å².